The van der Waals surface area contributed by atoms with Crippen LogP contribution in [0.2, 0.25) is 0 Å². The van der Waals surface area contributed by atoms with Crippen molar-refractivity contribution < 1.29 is 17.9 Å². The van der Waals surface area contributed by atoms with E-state index in [0.29, 0.717) is 0 Å². The molecule has 2 rings (SSSR count). The van der Waals surface area contributed by atoms with E-state index in [1.807, 2.05) is 0 Å². The topological polar surface area (TPSA) is 85.8 Å². The Balaban J connectivity index is 2.02. The van der Waals surface area contributed by atoms with Gasteiger partial charge >= 0.3 is 6.01 Å². The summed E-state index contributed by atoms with van der Waals surface area (Å²) in [5, 5.41) is 3.38. The van der Waals surface area contributed by atoms with Crippen LogP contribution < -0.4 is 10.6 Å². The normalized spacial score (nSPS) is 11.9. The van der Waals surface area contributed by atoms with Crippen LogP contribution in [-0.4, -0.2) is 28.5 Å². The first-order valence-corrected chi connectivity index (χ1v) is 5.95. The van der Waals surface area contributed by atoms with E-state index in [0.717, 1.165) is 24.7 Å². The van der Waals surface area contributed by atoms with Crippen LogP contribution in [0.5, 0.6) is 6.01 Å². The average Bonchev–Trinajstić information content (AvgIpc) is 2.53. The smallest absolute Gasteiger partial charge is 0.316 e. The third-order valence-corrected chi connectivity index (χ3v) is 2.40. The predicted molar refractivity (Wildman–Crippen MR) is 73.6 cm³/mol. The quantitative estimate of drug-likeness (QED) is 0.520. The molecule has 0 spiro atoms. The highest BCUT2D eigenvalue weighted by atomic mass is 19.2. The minimum absolute atomic E-state index is 0.0899. The first kappa shape index (κ1) is 15.4. The Labute approximate surface area is 123 Å². The van der Waals surface area contributed by atoms with Gasteiger partial charge in [-0.2, -0.15) is 5.10 Å². The van der Waals surface area contributed by atoms with Crippen molar-refractivity contribution in [2.24, 2.45) is 15.9 Å². The van der Waals surface area contributed by atoms with E-state index in [2.05, 4.69) is 20.1 Å². The molecule has 9 heteroatoms. The standard InChI is InChI=1S/C13H10F3N5O/c14-8-4-19-13(20-5-8)22-7-9(21-17)6-18-11-3-1-2-10(15)12(11)16/h1-6H,7,17H2. The van der Waals surface area contributed by atoms with E-state index in [1.165, 1.54) is 12.1 Å². The fourth-order valence-corrected chi connectivity index (χ4v) is 1.36. The van der Waals surface area contributed by atoms with E-state index in [1.54, 1.807) is 0 Å². The summed E-state index contributed by atoms with van der Waals surface area (Å²) in [7, 11) is 0. The zero-order valence-corrected chi connectivity index (χ0v) is 11.1. The minimum atomic E-state index is -1.09. The van der Waals surface area contributed by atoms with E-state index >= 15 is 0 Å². The molecule has 0 unspecified atom stereocenters. The molecule has 0 aliphatic carbocycles. The maximum Gasteiger partial charge on any atom is 0.316 e. The lowest BCUT2D eigenvalue weighted by molar-refractivity contribution is 0.344. The van der Waals surface area contributed by atoms with Gasteiger partial charge in [0.15, 0.2) is 17.5 Å². The van der Waals surface area contributed by atoms with Crippen molar-refractivity contribution in [1.29, 1.82) is 0 Å². The van der Waals surface area contributed by atoms with Crippen molar-refractivity contribution >= 4 is 17.6 Å². The van der Waals surface area contributed by atoms with Crippen LogP contribution in [0, 0.1) is 17.5 Å². The van der Waals surface area contributed by atoms with Gasteiger partial charge in [0.2, 0.25) is 0 Å². The van der Waals surface area contributed by atoms with Crippen molar-refractivity contribution in [3.8, 4) is 6.01 Å². The highest BCUT2D eigenvalue weighted by molar-refractivity contribution is 6.31. The number of halogens is 3. The van der Waals surface area contributed by atoms with Crippen LogP contribution in [0.3, 0.4) is 0 Å². The zero-order valence-electron chi connectivity index (χ0n) is 11.1. The van der Waals surface area contributed by atoms with Gasteiger partial charge in [-0.3, -0.25) is 4.99 Å². The van der Waals surface area contributed by atoms with Crippen molar-refractivity contribution in [2.45, 2.75) is 0 Å². The van der Waals surface area contributed by atoms with E-state index in [4.69, 9.17) is 10.6 Å². The number of nitrogens with zero attached hydrogens (tertiary/aromatic N) is 4. The molecule has 2 N–H and O–H groups in total. The molecule has 0 amide bonds. The van der Waals surface area contributed by atoms with Gasteiger partial charge in [0.1, 0.15) is 18.0 Å². The molecular formula is C13H10F3N5O. The predicted octanol–water partition coefficient (Wildman–Crippen LogP) is 1.99. The van der Waals surface area contributed by atoms with Crippen molar-refractivity contribution in [1.82, 2.24) is 9.97 Å². The summed E-state index contributed by atoms with van der Waals surface area (Å²) in [6, 6.07) is 3.48. The van der Waals surface area contributed by atoms with Gasteiger partial charge in [-0.25, -0.2) is 23.1 Å². The molecule has 0 fully saturated rings. The Kier molecular flexibility index (Phi) is 5.02. The second-order valence-corrected chi connectivity index (χ2v) is 3.92. The van der Waals surface area contributed by atoms with E-state index < -0.39 is 17.5 Å². The van der Waals surface area contributed by atoms with Gasteiger partial charge in [-0.1, -0.05) is 6.07 Å². The number of benzene rings is 1. The van der Waals surface area contributed by atoms with Crippen LogP contribution >= 0.6 is 0 Å². The number of hydrazone groups is 1. The molecule has 0 atom stereocenters. The molecule has 0 saturated carbocycles. The van der Waals surface area contributed by atoms with Crippen LogP contribution in [0.25, 0.3) is 0 Å². The van der Waals surface area contributed by atoms with Gasteiger partial charge in [0, 0.05) is 0 Å². The summed E-state index contributed by atoms with van der Waals surface area (Å²) in [6.45, 7) is -0.178. The summed E-state index contributed by atoms with van der Waals surface area (Å²) >= 11 is 0. The Bertz CT molecular complexity index is 703. The lowest BCUT2D eigenvalue weighted by Gasteiger charge is -2.03. The highest BCUT2D eigenvalue weighted by Crippen LogP contribution is 2.19. The monoisotopic (exact) mass is 309 g/mol. The molecule has 0 aliphatic heterocycles. The van der Waals surface area contributed by atoms with E-state index in [9.17, 15) is 13.2 Å². The molecule has 1 aromatic heterocycles. The van der Waals surface area contributed by atoms with E-state index in [-0.39, 0.29) is 24.0 Å². The van der Waals surface area contributed by atoms with Crippen LogP contribution in [0.4, 0.5) is 18.9 Å². The molecule has 114 valence electrons. The lowest BCUT2D eigenvalue weighted by atomic mass is 10.3. The Morgan fingerprint density at radius 2 is 1.95 bits per heavy atom. The minimum Gasteiger partial charge on any atom is -0.457 e. The number of aliphatic imine (C=N–C) groups is 1. The number of aromatic nitrogens is 2. The Morgan fingerprint density at radius 1 is 1.23 bits per heavy atom. The zero-order chi connectivity index (χ0) is 15.9. The first-order chi connectivity index (χ1) is 10.6. The molecular weight excluding hydrogens is 299 g/mol. The summed E-state index contributed by atoms with van der Waals surface area (Å²) in [5.74, 6) is 2.43. The maximum absolute atomic E-state index is 13.4. The van der Waals surface area contributed by atoms with Gasteiger partial charge in [-0.05, 0) is 12.1 Å². The highest BCUT2D eigenvalue weighted by Gasteiger charge is 2.06. The number of hydrogen-bond donors (Lipinski definition) is 1. The summed E-state index contributed by atoms with van der Waals surface area (Å²) in [6.07, 6.45) is 2.97. The third-order valence-electron chi connectivity index (χ3n) is 2.40. The SMILES string of the molecule is NN=C(C=Nc1cccc(F)c1F)COc1ncc(F)cn1. The van der Waals surface area contributed by atoms with Crippen LogP contribution in [-0.2, 0) is 0 Å². The molecule has 1 heterocycles. The molecule has 0 aliphatic rings. The van der Waals surface area contributed by atoms with Crippen LogP contribution in [0.1, 0.15) is 0 Å². The number of hydrogen-bond acceptors (Lipinski definition) is 6. The summed E-state index contributed by atoms with van der Waals surface area (Å²) in [4.78, 5) is 10.9. The molecule has 0 bridgehead atoms. The number of nitrogens with two attached hydrogens (primary N) is 1. The third kappa shape index (κ3) is 4.01. The molecule has 6 nitrogen and oxygen atoms in total. The molecule has 0 saturated heterocycles. The fourth-order valence-electron chi connectivity index (χ4n) is 1.36. The maximum atomic E-state index is 13.4. The molecule has 1 aromatic carbocycles. The average molecular weight is 309 g/mol. The fraction of sp³-hybridized carbons (Fsp3) is 0.0769. The summed E-state index contributed by atoms with van der Waals surface area (Å²) in [5.41, 5.74) is -0.0873. The van der Waals surface area contributed by atoms with Gasteiger partial charge in [0.25, 0.3) is 0 Å². The first-order valence-electron chi connectivity index (χ1n) is 5.95. The van der Waals surface area contributed by atoms with Crippen molar-refractivity contribution in [2.75, 3.05) is 6.61 Å². The summed E-state index contributed by atoms with van der Waals surface area (Å²) < 4.78 is 44.1. The second kappa shape index (κ2) is 7.16. The lowest BCUT2D eigenvalue weighted by Crippen LogP contribution is -2.16. The molecule has 0 radical (unpaired) electrons. The number of ether oxygens (including phenoxy) is 1. The second-order valence-electron chi connectivity index (χ2n) is 3.92. The number of rotatable bonds is 5. The van der Waals surface area contributed by atoms with Gasteiger partial charge < -0.3 is 10.6 Å². The largest absolute Gasteiger partial charge is 0.457 e. The molecule has 22 heavy (non-hydrogen) atoms. The van der Waals surface area contributed by atoms with Gasteiger partial charge in [0.05, 0.1) is 18.6 Å². The molecule has 2 aromatic rings. The Morgan fingerprint density at radius 3 is 2.64 bits per heavy atom. The van der Waals surface area contributed by atoms with Crippen LogP contribution in [0.15, 0.2) is 40.7 Å². The van der Waals surface area contributed by atoms with Gasteiger partial charge in [-0.15, -0.1) is 0 Å². The van der Waals surface area contributed by atoms with Crippen molar-refractivity contribution in [3.63, 3.8) is 0 Å². The van der Waals surface area contributed by atoms with Crippen molar-refractivity contribution in [3.05, 3.63) is 48.0 Å². The Hall–Kier alpha value is -2.97.